The fourth-order valence-corrected chi connectivity index (χ4v) is 3.39. The third-order valence-corrected chi connectivity index (χ3v) is 5.66. The van der Waals surface area contributed by atoms with Crippen LogP contribution in [-0.2, 0) is 14.8 Å². The highest BCUT2D eigenvalue weighted by Crippen LogP contribution is 2.27. The zero-order valence-corrected chi connectivity index (χ0v) is 16.3. The first-order valence-electron chi connectivity index (χ1n) is 8.01. The van der Waals surface area contributed by atoms with Gasteiger partial charge >= 0.3 is 0 Å². The number of aryl methyl sites for hydroxylation is 1. The lowest BCUT2D eigenvalue weighted by atomic mass is 10.2. The first-order valence-corrected chi connectivity index (χ1v) is 9.45. The Balaban J connectivity index is 2.25. The molecule has 0 aliphatic heterocycles. The van der Waals surface area contributed by atoms with Crippen LogP contribution in [0.5, 0.6) is 5.75 Å². The molecule has 0 saturated carbocycles. The number of halogens is 1. The molecule has 144 valence electrons. The summed E-state index contributed by atoms with van der Waals surface area (Å²) in [5.41, 5.74) is 1.61. The number of amides is 1. The molecular formula is C19H21FN2O4S. The number of sulfonamides is 1. The number of anilines is 1. The lowest BCUT2D eigenvalue weighted by Crippen LogP contribution is -2.22. The van der Waals surface area contributed by atoms with Gasteiger partial charge < -0.3 is 10.1 Å². The number of ether oxygens (including phenoxy) is 1. The number of nitrogens with one attached hydrogen (secondary N) is 1. The molecule has 0 saturated heterocycles. The zero-order chi connectivity index (χ0) is 20.2. The SMILES string of the molecule is COc1ccc(/C=C/C(=O)Nc2ccc(F)cc2C)cc1S(=O)(=O)N(C)C. The predicted molar refractivity (Wildman–Crippen MR) is 103 cm³/mol. The van der Waals surface area contributed by atoms with E-state index in [0.29, 0.717) is 16.8 Å². The van der Waals surface area contributed by atoms with Crippen LogP contribution >= 0.6 is 0 Å². The van der Waals surface area contributed by atoms with Crippen LogP contribution in [0.3, 0.4) is 0 Å². The summed E-state index contributed by atoms with van der Waals surface area (Å²) in [6.45, 7) is 1.68. The Kier molecular flexibility index (Phi) is 6.35. The number of carbonyl (C=O) groups excluding carboxylic acids is 1. The van der Waals surface area contributed by atoms with Gasteiger partial charge in [-0.25, -0.2) is 17.1 Å². The van der Waals surface area contributed by atoms with E-state index in [2.05, 4.69) is 5.32 Å². The van der Waals surface area contributed by atoms with Crippen molar-refractivity contribution in [3.8, 4) is 5.75 Å². The molecule has 1 N–H and O–H groups in total. The fraction of sp³-hybridized carbons (Fsp3) is 0.211. The average molecular weight is 392 g/mol. The molecule has 8 heteroatoms. The van der Waals surface area contributed by atoms with Crippen molar-refractivity contribution in [2.75, 3.05) is 26.5 Å². The van der Waals surface area contributed by atoms with Gasteiger partial charge in [0.1, 0.15) is 16.5 Å². The van der Waals surface area contributed by atoms with E-state index >= 15 is 0 Å². The highest BCUT2D eigenvalue weighted by Gasteiger charge is 2.22. The average Bonchev–Trinajstić information content (AvgIpc) is 2.62. The number of nitrogens with zero attached hydrogens (tertiary/aromatic N) is 1. The summed E-state index contributed by atoms with van der Waals surface area (Å²) in [5.74, 6) is -0.585. The highest BCUT2D eigenvalue weighted by molar-refractivity contribution is 7.89. The van der Waals surface area contributed by atoms with Crippen LogP contribution < -0.4 is 10.1 Å². The van der Waals surface area contributed by atoms with Crippen molar-refractivity contribution < 1.29 is 22.3 Å². The molecule has 0 fully saturated rings. The fourth-order valence-electron chi connectivity index (χ4n) is 2.31. The van der Waals surface area contributed by atoms with Gasteiger partial charge in [0.05, 0.1) is 7.11 Å². The molecule has 2 rings (SSSR count). The summed E-state index contributed by atoms with van der Waals surface area (Å²) < 4.78 is 44.2. The van der Waals surface area contributed by atoms with E-state index in [9.17, 15) is 17.6 Å². The molecule has 0 spiro atoms. The van der Waals surface area contributed by atoms with Crippen LogP contribution in [0.15, 0.2) is 47.4 Å². The smallest absolute Gasteiger partial charge is 0.248 e. The van der Waals surface area contributed by atoms with Crippen LogP contribution in [0.4, 0.5) is 10.1 Å². The summed E-state index contributed by atoms with van der Waals surface area (Å²) in [4.78, 5) is 12.1. The normalized spacial score (nSPS) is 11.8. The minimum Gasteiger partial charge on any atom is -0.495 e. The molecule has 0 radical (unpaired) electrons. The Morgan fingerprint density at radius 2 is 1.89 bits per heavy atom. The Bertz CT molecular complexity index is 985. The quantitative estimate of drug-likeness (QED) is 0.767. The van der Waals surface area contributed by atoms with E-state index < -0.39 is 15.9 Å². The van der Waals surface area contributed by atoms with Gasteiger partial charge in [-0.3, -0.25) is 4.79 Å². The Labute approximate surface area is 158 Å². The van der Waals surface area contributed by atoms with Crippen molar-refractivity contribution in [1.29, 1.82) is 0 Å². The maximum absolute atomic E-state index is 13.1. The van der Waals surface area contributed by atoms with E-state index in [1.165, 1.54) is 63.7 Å². The van der Waals surface area contributed by atoms with E-state index in [4.69, 9.17) is 4.74 Å². The summed E-state index contributed by atoms with van der Waals surface area (Å²) in [5, 5.41) is 2.65. The van der Waals surface area contributed by atoms with Gasteiger partial charge in [-0.1, -0.05) is 6.07 Å². The topological polar surface area (TPSA) is 75.7 Å². The molecule has 0 aliphatic rings. The molecule has 0 unspecified atom stereocenters. The van der Waals surface area contributed by atoms with Crippen LogP contribution in [0.2, 0.25) is 0 Å². The second-order valence-corrected chi connectivity index (χ2v) is 8.10. The predicted octanol–water partition coefficient (Wildman–Crippen LogP) is 3.04. The van der Waals surface area contributed by atoms with Crippen molar-refractivity contribution in [2.24, 2.45) is 0 Å². The molecule has 27 heavy (non-hydrogen) atoms. The third-order valence-electron chi connectivity index (χ3n) is 3.82. The molecule has 2 aromatic carbocycles. The first kappa shape index (κ1) is 20.6. The molecule has 0 aliphatic carbocycles. The number of methoxy groups -OCH3 is 1. The van der Waals surface area contributed by atoms with Gasteiger partial charge in [-0.05, 0) is 54.5 Å². The standard InChI is InChI=1S/C19H21FN2O4S/c1-13-11-15(20)7-8-16(13)21-19(23)10-6-14-5-9-17(26-4)18(12-14)27(24,25)22(2)3/h5-12H,1-4H3,(H,21,23)/b10-6+. The number of hydrogen-bond acceptors (Lipinski definition) is 4. The van der Waals surface area contributed by atoms with Crippen LogP contribution in [0.1, 0.15) is 11.1 Å². The minimum atomic E-state index is -3.70. The first-order chi connectivity index (χ1) is 12.6. The van der Waals surface area contributed by atoms with Gasteiger partial charge in [0.25, 0.3) is 0 Å². The molecule has 2 aromatic rings. The second-order valence-electron chi connectivity index (χ2n) is 5.98. The lowest BCUT2D eigenvalue weighted by Gasteiger charge is -2.15. The van der Waals surface area contributed by atoms with Gasteiger partial charge in [0.15, 0.2) is 0 Å². The van der Waals surface area contributed by atoms with Gasteiger partial charge in [-0.2, -0.15) is 0 Å². The molecule has 1 amide bonds. The Morgan fingerprint density at radius 3 is 2.48 bits per heavy atom. The Hall–Kier alpha value is -2.71. The van der Waals surface area contributed by atoms with Gasteiger partial charge in [-0.15, -0.1) is 0 Å². The molecular weight excluding hydrogens is 371 g/mol. The van der Waals surface area contributed by atoms with E-state index in [0.717, 1.165) is 4.31 Å². The summed E-state index contributed by atoms with van der Waals surface area (Å²) in [6, 6.07) is 8.65. The minimum absolute atomic E-state index is 0.00642. The maximum Gasteiger partial charge on any atom is 0.248 e. The zero-order valence-electron chi connectivity index (χ0n) is 15.5. The van der Waals surface area contributed by atoms with E-state index in [1.807, 2.05) is 0 Å². The highest BCUT2D eigenvalue weighted by atomic mass is 32.2. The molecule has 0 atom stereocenters. The largest absolute Gasteiger partial charge is 0.495 e. The lowest BCUT2D eigenvalue weighted by molar-refractivity contribution is -0.111. The van der Waals surface area contributed by atoms with Gasteiger partial charge in [0.2, 0.25) is 15.9 Å². The maximum atomic E-state index is 13.1. The number of hydrogen-bond donors (Lipinski definition) is 1. The third kappa shape index (κ3) is 4.93. The van der Waals surface area contributed by atoms with E-state index in [1.54, 1.807) is 13.0 Å². The molecule has 0 aromatic heterocycles. The second kappa shape index (κ2) is 8.32. The van der Waals surface area contributed by atoms with Gasteiger partial charge in [0, 0.05) is 25.9 Å². The van der Waals surface area contributed by atoms with Crippen LogP contribution in [-0.4, -0.2) is 39.8 Å². The van der Waals surface area contributed by atoms with Crippen molar-refractivity contribution >= 4 is 27.7 Å². The molecule has 6 nitrogen and oxygen atoms in total. The van der Waals surface area contributed by atoms with Crippen LogP contribution in [0.25, 0.3) is 6.08 Å². The van der Waals surface area contributed by atoms with Crippen molar-refractivity contribution in [3.63, 3.8) is 0 Å². The summed E-state index contributed by atoms with van der Waals surface area (Å²) >= 11 is 0. The monoisotopic (exact) mass is 392 g/mol. The molecule has 0 bridgehead atoms. The number of carbonyl (C=O) groups is 1. The number of benzene rings is 2. The van der Waals surface area contributed by atoms with Crippen molar-refractivity contribution in [2.45, 2.75) is 11.8 Å². The molecule has 0 heterocycles. The van der Waals surface area contributed by atoms with Crippen molar-refractivity contribution in [3.05, 3.63) is 59.4 Å². The Morgan fingerprint density at radius 1 is 1.19 bits per heavy atom. The van der Waals surface area contributed by atoms with E-state index in [-0.39, 0.29) is 16.5 Å². The number of rotatable bonds is 6. The summed E-state index contributed by atoms with van der Waals surface area (Å²) in [6.07, 6.45) is 2.76. The van der Waals surface area contributed by atoms with Crippen LogP contribution in [0, 0.1) is 12.7 Å². The van der Waals surface area contributed by atoms with Crippen molar-refractivity contribution in [1.82, 2.24) is 4.31 Å². The summed E-state index contributed by atoms with van der Waals surface area (Å²) in [7, 11) is 0.539.